The third-order valence-corrected chi connectivity index (χ3v) is 12.5. The summed E-state index contributed by atoms with van der Waals surface area (Å²) in [5, 5.41) is 56.2. The Labute approximate surface area is 470 Å². The molecule has 3 rings (SSSR count). The fraction of sp³-hybridized carbons (Fsp3) is 0.500. The van der Waals surface area contributed by atoms with E-state index in [0.717, 1.165) is 15.8 Å². The van der Waals surface area contributed by atoms with Gasteiger partial charge in [0, 0.05) is 42.9 Å². The number of benzene rings is 1. The van der Waals surface area contributed by atoms with E-state index in [9.17, 15) is 97.1 Å². The predicted molar refractivity (Wildman–Crippen MR) is 280 cm³/mol. The number of hydrogen-bond acceptors (Lipinski definition) is 18. The van der Waals surface area contributed by atoms with Crippen molar-refractivity contribution in [3.8, 4) is 0 Å². The van der Waals surface area contributed by atoms with Gasteiger partial charge in [0.25, 0.3) is 0 Å². The number of aliphatic carboxylic acids is 3. The number of carbonyl (C=O) groups is 16. The lowest BCUT2D eigenvalue weighted by Crippen LogP contribution is -2.60. The van der Waals surface area contributed by atoms with Crippen LogP contribution in [0.5, 0.6) is 0 Å². The number of aromatic amines is 1. The number of nitrogens with zero attached hydrogens (tertiary/aromatic N) is 1. The minimum Gasteiger partial charge on any atom is -0.481 e. The Balaban J connectivity index is 1.73. The topological polar surface area (TPSA) is 599 Å². The number of fused-ring (bicyclic) bond motifs is 1. The molecule has 9 atom stereocenters. The molecule has 0 unspecified atom stereocenters. The van der Waals surface area contributed by atoms with E-state index in [0.29, 0.717) is 5.56 Å². The van der Waals surface area contributed by atoms with Gasteiger partial charge in [-0.3, -0.25) is 71.9 Å². The van der Waals surface area contributed by atoms with Crippen molar-refractivity contribution in [2.45, 2.75) is 131 Å². The number of likely N-dealkylation sites (tertiary alicyclic amines) is 1. The molecule has 23 N–H and O–H groups in total. The molecule has 0 aliphatic carbocycles. The minimum absolute atomic E-state index is 0.0162. The number of para-hydroxylation sites is 1. The predicted octanol–water partition coefficient (Wildman–Crippen LogP) is -8.76. The number of primary amides is 4. The number of aliphatic hydroxyl groups is 1. The normalized spacial score (nSPS) is 15.6. The summed E-state index contributed by atoms with van der Waals surface area (Å²) in [6, 6.07) is -8.40. The summed E-state index contributed by atoms with van der Waals surface area (Å²) in [5.74, 6) is -19.5. The number of carboxylic acid groups (broad SMARTS) is 3. The number of H-pyrrole nitrogens is 1. The fourth-order valence-electron chi connectivity index (χ4n) is 8.34. The SMILES string of the molecule is NC(=O)CC[C@H](NC(=O)CNC(=O)[C@H](CC(N)=O)NC(=O)[C@H](CO)NC(=O)[C@H](CCC(=O)O)NC(=O)[C@@H](N)Cc1c[nH]c2ccccc12)C(=O)N1CCC[C@H]1C(=O)N[C@@H](CCC(=O)O)C(=O)N[C@@H](CC(N)=O)C(=O)N[C@@H](CC(N)=O)C(=O)O. The summed E-state index contributed by atoms with van der Waals surface area (Å²) in [5.41, 5.74) is 28.4. The van der Waals surface area contributed by atoms with Gasteiger partial charge in [-0.05, 0) is 50.2 Å². The summed E-state index contributed by atoms with van der Waals surface area (Å²) in [4.78, 5) is 207. The van der Waals surface area contributed by atoms with Gasteiger partial charge in [-0.25, -0.2) is 4.79 Å². The molecule has 35 heteroatoms. The first-order valence-electron chi connectivity index (χ1n) is 25.4. The number of aliphatic hydroxyl groups excluding tert-OH is 1. The van der Waals surface area contributed by atoms with E-state index in [-0.39, 0.29) is 25.8 Å². The molecule has 0 saturated carbocycles. The number of carbonyl (C=O) groups excluding carboxylic acids is 13. The summed E-state index contributed by atoms with van der Waals surface area (Å²) in [7, 11) is 0. The van der Waals surface area contributed by atoms with Crippen molar-refractivity contribution in [1.82, 2.24) is 52.4 Å². The molecule has 35 nitrogen and oxygen atoms in total. The molecule has 1 fully saturated rings. The van der Waals surface area contributed by atoms with Gasteiger partial charge in [0.15, 0.2) is 0 Å². The van der Waals surface area contributed by atoms with Crippen LogP contribution in [0.3, 0.4) is 0 Å². The Bertz CT molecular complexity index is 2810. The second-order valence-electron chi connectivity index (χ2n) is 19.0. The second-order valence-corrected chi connectivity index (χ2v) is 19.0. The van der Waals surface area contributed by atoms with E-state index in [1.165, 1.54) is 0 Å². The monoisotopic (exact) mass is 1170 g/mol. The molecular formula is C48H67N15O20. The van der Waals surface area contributed by atoms with Crippen molar-refractivity contribution >= 4 is 106 Å². The van der Waals surface area contributed by atoms with Crippen LogP contribution in [0.1, 0.15) is 76.2 Å². The minimum atomic E-state index is -1.94. The average Bonchev–Trinajstić information content (AvgIpc) is 4.08. The van der Waals surface area contributed by atoms with Gasteiger partial charge in [-0.2, -0.15) is 0 Å². The van der Waals surface area contributed by atoms with Crippen LogP contribution >= 0.6 is 0 Å². The molecule has 1 aromatic carbocycles. The molecule has 454 valence electrons. The maximum atomic E-state index is 14.1. The van der Waals surface area contributed by atoms with Crippen LogP contribution in [-0.2, 0) is 83.1 Å². The van der Waals surface area contributed by atoms with Gasteiger partial charge >= 0.3 is 17.9 Å². The maximum Gasteiger partial charge on any atom is 0.326 e. The van der Waals surface area contributed by atoms with Gasteiger partial charge < -0.3 is 102 Å². The zero-order valence-corrected chi connectivity index (χ0v) is 44.3. The Kier molecular flexibility index (Phi) is 26.4. The molecule has 1 aliphatic heterocycles. The molecule has 0 spiro atoms. The third-order valence-electron chi connectivity index (χ3n) is 12.5. The first kappa shape index (κ1) is 67.5. The Morgan fingerprint density at radius 1 is 0.566 bits per heavy atom. The molecule has 2 heterocycles. The van der Waals surface area contributed by atoms with E-state index in [4.69, 9.17) is 28.7 Å². The van der Waals surface area contributed by atoms with Crippen LogP contribution in [0.2, 0.25) is 0 Å². The Hall–Kier alpha value is -9.80. The zero-order chi connectivity index (χ0) is 62.2. The fourth-order valence-corrected chi connectivity index (χ4v) is 8.34. The lowest BCUT2D eigenvalue weighted by Gasteiger charge is -2.30. The second kappa shape index (κ2) is 32.5. The van der Waals surface area contributed by atoms with Crippen LogP contribution in [0, 0.1) is 0 Å². The largest absolute Gasteiger partial charge is 0.481 e. The lowest BCUT2D eigenvalue weighted by molar-refractivity contribution is -0.144. The molecule has 83 heavy (non-hydrogen) atoms. The zero-order valence-electron chi connectivity index (χ0n) is 44.3. The van der Waals surface area contributed by atoms with Gasteiger partial charge in [0.2, 0.25) is 76.8 Å². The molecule has 1 saturated heterocycles. The quantitative estimate of drug-likeness (QED) is 0.0301. The number of amides is 13. The van der Waals surface area contributed by atoms with E-state index < -0.39 is 220 Å². The Morgan fingerprint density at radius 3 is 1.59 bits per heavy atom. The highest BCUT2D eigenvalue weighted by Gasteiger charge is 2.40. The van der Waals surface area contributed by atoms with Gasteiger partial charge in [0.05, 0.1) is 38.5 Å². The van der Waals surface area contributed by atoms with Crippen molar-refractivity contribution in [2.75, 3.05) is 19.7 Å². The average molecular weight is 1170 g/mol. The highest BCUT2D eigenvalue weighted by Crippen LogP contribution is 2.21. The van der Waals surface area contributed by atoms with Crippen LogP contribution < -0.4 is 71.2 Å². The molecular weight excluding hydrogens is 1110 g/mol. The Morgan fingerprint density at radius 2 is 1.05 bits per heavy atom. The maximum absolute atomic E-state index is 14.1. The number of aromatic nitrogens is 1. The highest BCUT2D eigenvalue weighted by atomic mass is 16.4. The van der Waals surface area contributed by atoms with Crippen LogP contribution in [0.15, 0.2) is 30.5 Å². The van der Waals surface area contributed by atoms with Crippen molar-refractivity contribution in [3.05, 3.63) is 36.0 Å². The molecule has 1 aliphatic rings. The third kappa shape index (κ3) is 22.3. The van der Waals surface area contributed by atoms with E-state index in [2.05, 4.69) is 42.2 Å². The number of nitrogens with one attached hydrogen (secondary N) is 9. The summed E-state index contributed by atoms with van der Waals surface area (Å²) >= 11 is 0. The summed E-state index contributed by atoms with van der Waals surface area (Å²) < 4.78 is 0. The molecule has 0 bridgehead atoms. The van der Waals surface area contributed by atoms with Crippen LogP contribution in [-0.4, -0.2) is 199 Å². The standard InChI is InChI=1S/C48H67N15O20/c49-23(14-21-18-54-24-5-2-1-4-22(21)24)40(74)57-25(8-11-38(70)71)43(77)62-31(20-64)45(79)59-28(15-34(51)66)41(75)55-19-37(69)56-27(7-10-33(50)65)47(81)63-13-3-6-32(63)46(80)58-26(9-12-39(72)73)42(76)60-29(16-35(52)67)44(78)61-30(48(82)83)17-36(53)68/h1-2,4-5,18,23,25-32,54,64H,3,6-17,19-20,49H2,(H2,50,65)(H2,51,66)(H2,52,67)(H2,53,68)(H,55,75)(H,56,69)(H,57,74)(H,58,80)(H,59,79)(H,60,76)(H,61,78)(H,62,77)(H,70,71)(H,72,73)(H,82,83)/t23-,25-,26-,27-,28-,29-,30-,31-,32-/m0/s1. The number of rotatable bonds is 36. The first-order valence-corrected chi connectivity index (χ1v) is 25.4. The molecule has 0 radical (unpaired) electrons. The van der Waals surface area contributed by atoms with Gasteiger partial charge in [0.1, 0.15) is 48.3 Å². The molecule has 13 amide bonds. The molecule has 2 aromatic rings. The van der Waals surface area contributed by atoms with Gasteiger partial charge in [-0.1, -0.05) is 18.2 Å². The lowest BCUT2D eigenvalue weighted by atomic mass is 10.0. The smallest absolute Gasteiger partial charge is 0.326 e. The first-order chi connectivity index (χ1) is 39.0. The number of nitrogens with two attached hydrogens (primary N) is 5. The van der Waals surface area contributed by atoms with Crippen molar-refractivity contribution in [3.63, 3.8) is 0 Å². The summed E-state index contributed by atoms with van der Waals surface area (Å²) in [6.07, 6.45) is -4.82. The molecule has 1 aromatic heterocycles. The highest BCUT2D eigenvalue weighted by molar-refractivity contribution is 6.00. The summed E-state index contributed by atoms with van der Waals surface area (Å²) in [6.45, 7) is -2.36. The van der Waals surface area contributed by atoms with Crippen molar-refractivity contribution in [2.24, 2.45) is 28.7 Å². The van der Waals surface area contributed by atoms with Crippen LogP contribution in [0.4, 0.5) is 0 Å². The van der Waals surface area contributed by atoms with Gasteiger partial charge in [-0.15, -0.1) is 0 Å². The van der Waals surface area contributed by atoms with Crippen molar-refractivity contribution in [1.29, 1.82) is 0 Å². The van der Waals surface area contributed by atoms with E-state index in [1.54, 1.807) is 30.5 Å². The van der Waals surface area contributed by atoms with E-state index in [1.807, 2.05) is 5.32 Å². The van der Waals surface area contributed by atoms with E-state index >= 15 is 0 Å². The number of carboxylic acids is 3. The van der Waals surface area contributed by atoms with Crippen molar-refractivity contribution < 1.29 is 97.1 Å². The van der Waals surface area contributed by atoms with Crippen LogP contribution in [0.25, 0.3) is 10.9 Å². The number of hydrogen-bond donors (Lipinski definition) is 18.